The van der Waals surface area contributed by atoms with E-state index in [4.69, 9.17) is 32.7 Å². The normalized spacial score (nSPS) is 12.5. The van der Waals surface area contributed by atoms with E-state index in [0.717, 1.165) is 61.2 Å². The molecule has 0 saturated heterocycles. The van der Waals surface area contributed by atoms with Gasteiger partial charge in [-0.25, -0.2) is 19.6 Å². The van der Waals surface area contributed by atoms with Gasteiger partial charge in [-0.1, -0.05) is 75.6 Å². The summed E-state index contributed by atoms with van der Waals surface area (Å²) < 4.78 is 14.3. The number of halogens is 2. The monoisotopic (exact) mass is 730 g/mol. The molecule has 0 bridgehead atoms. The molecule has 48 heavy (non-hydrogen) atoms. The summed E-state index contributed by atoms with van der Waals surface area (Å²) in [4.78, 5) is 36.3. The maximum atomic E-state index is 12.8. The zero-order valence-electron chi connectivity index (χ0n) is 27.6. The number of hydrogen-bond acceptors (Lipinski definition) is 8. The SMILES string of the molecule is CCCCCC(CCn1ccnc1OC(=O)C(=O)Oc1nccn1CCC(CCCCC)Sc1ccc(Cl)cc1)Sc1ccc(Cl)cc1. The van der Waals surface area contributed by atoms with E-state index in [2.05, 4.69) is 23.8 Å². The molecule has 0 aliphatic rings. The third-order valence-electron chi connectivity index (χ3n) is 7.77. The van der Waals surface area contributed by atoms with Gasteiger partial charge in [0.25, 0.3) is 0 Å². The quantitative estimate of drug-likeness (QED) is 0.0384. The van der Waals surface area contributed by atoms with Crippen LogP contribution in [0.2, 0.25) is 10.0 Å². The van der Waals surface area contributed by atoms with E-state index in [9.17, 15) is 9.59 Å². The van der Waals surface area contributed by atoms with Crippen LogP contribution in [0.25, 0.3) is 0 Å². The average Bonchev–Trinajstić information content (AvgIpc) is 3.73. The van der Waals surface area contributed by atoms with Gasteiger partial charge in [-0.3, -0.25) is 0 Å². The molecule has 4 aromatic rings. The van der Waals surface area contributed by atoms with Gasteiger partial charge in [-0.2, -0.15) is 0 Å². The van der Waals surface area contributed by atoms with Crippen LogP contribution in [0.1, 0.15) is 78.1 Å². The molecular weight excluding hydrogens is 687 g/mol. The van der Waals surface area contributed by atoms with E-state index in [0.29, 0.717) is 33.6 Å². The second-order valence-corrected chi connectivity index (χ2v) is 15.2. The van der Waals surface area contributed by atoms with E-state index in [1.165, 1.54) is 12.8 Å². The van der Waals surface area contributed by atoms with Crippen LogP contribution in [0.4, 0.5) is 0 Å². The highest BCUT2D eigenvalue weighted by Crippen LogP contribution is 2.32. The molecular formula is C36H44Cl2N4O4S2. The van der Waals surface area contributed by atoms with Crippen LogP contribution >= 0.6 is 46.7 Å². The Balaban J connectivity index is 1.31. The Hall–Kier alpha value is -2.92. The number of unbranched alkanes of at least 4 members (excludes halogenated alkanes) is 4. The highest BCUT2D eigenvalue weighted by molar-refractivity contribution is 8.00. The summed E-state index contributed by atoms with van der Waals surface area (Å²) in [6.07, 6.45) is 17.3. The third kappa shape index (κ3) is 12.8. The van der Waals surface area contributed by atoms with Gasteiger partial charge >= 0.3 is 24.0 Å². The van der Waals surface area contributed by atoms with Crippen molar-refractivity contribution in [3.63, 3.8) is 0 Å². The van der Waals surface area contributed by atoms with Crippen molar-refractivity contribution < 1.29 is 19.1 Å². The number of carbonyl (C=O) groups is 2. The molecule has 2 aromatic carbocycles. The Bertz CT molecular complexity index is 1430. The number of ether oxygens (including phenoxy) is 2. The van der Waals surface area contributed by atoms with E-state index < -0.39 is 11.9 Å². The van der Waals surface area contributed by atoms with Crippen LogP contribution < -0.4 is 9.47 Å². The first-order valence-corrected chi connectivity index (χ1v) is 19.2. The first kappa shape index (κ1) is 37.9. The minimum absolute atomic E-state index is 0.0539. The largest absolute Gasteiger partial charge is 0.425 e. The zero-order chi connectivity index (χ0) is 34.1. The summed E-state index contributed by atoms with van der Waals surface area (Å²) >= 11 is 15.8. The van der Waals surface area contributed by atoms with Crippen molar-refractivity contribution in [3.05, 3.63) is 83.4 Å². The molecule has 2 atom stereocenters. The molecule has 0 fully saturated rings. The minimum atomic E-state index is -1.15. The molecule has 4 rings (SSSR count). The third-order valence-corrected chi connectivity index (χ3v) is 11.0. The smallest absolute Gasteiger partial charge is 0.383 e. The van der Waals surface area contributed by atoms with Crippen molar-refractivity contribution in [1.82, 2.24) is 19.1 Å². The van der Waals surface area contributed by atoms with Crippen LogP contribution in [0.15, 0.2) is 83.1 Å². The van der Waals surface area contributed by atoms with Gasteiger partial charge in [0.05, 0.1) is 0 Å². The van der Waals surface area contributed by atoms with Crippen molar-refractivity contribution in [1.29, 1.82) is 0 Å². The molecule has 2 unspecified atom stereocenters. The molecule has 0 amide bonds. The van der Waals surface area contributed by atoms with Crippen LogP contribution in [0, 0.1) is 0 Å². The molecule has 258 valence electrons. The number of esters is 2. The number of thioether (sulfide) groups is 2. The van der Waals surface area contributed by atoms with Gasteiger partial charge in [0, 0.05) is 68.2 Å². The molecule has 0 N–H and O–H groups in total. The lowest BCUT2D eigenvalue weighted by Crippen LogP contribution is -2.28. The average molecular weight is 732 g/mol. The van der Waals surface area contributed by atoms with Gasteiger partial charge in [0.2, 0.25) is 0 Å². The number of aryl methyl sites for hydroxylation is 2. The van der Waals surface area contributed by atoms with Crippen LogP contribution in [0.5, 0.6) is 12.0 Å². The molecule has 8 nitrogen and oxygen atoms in total. The highest BCUT2D eigenvalue weighted by atomic mass is 35.5. The summed E-state index contributed by atoms with van der Waals surface area (Å²) in [7, 11) is 0. The zero-order valence-corrected chi connectivity index (χ0v) is 30.7. The standard InChI is InChI=1S/C36H44Cl2N4O4S2/c1-3-5-7-9-29(47-31-15-11-27(37)12-16-31)19-23-41-25-21-39-35(41)45-33(43)34(44)46-36-40-22-26-42(36)24-20-30(10-8-6-4-2)48-32-17-13-28(38)14-18-32/h11-18,21-22,25-26,29-30H,3-10,19-20,23-24H2,1-2H3. The number of imidazole rings is 2. The Labute approximate surface area is 302 Å². The van der Waals surface area contributed by atoms with E-state index in [1.54, 1.807) is 33.9 Å². The number of carbonyl (C=O) groups excluding carboxylic acids is 2. The predicted molar refractivity (Wildman–Crippen MR) is 195 cm³/mol. The van der Waals surface area contributed by atoms with Crippen LogP contribution in [0.3, 0.4) is 0 Å². The second kappa shape index (κ2) is 20.6. The lowest BCUT2D eigenvalue weighted by atomic mass is 10.1. The van der Waals surface area contributed by atoms with Gasteiger partial charge in [0.15, 0.2) is 0 Å². The number of aromatic nitrogens is 4. The number of nitrogens with zero attached hydrogens (tertiary/aromatic N) is 4. The summed E-state index contributed by atoms with van der Waals surface area (Å²) in [5.74, 6) is -2.30. The molecule has 0 aliphatic carbocycles. The second-order valence-electron chi connectivity index (χ2n) is 11.5. The Morgan fingerprint density at radius 3 is 1.42 bits per heavy atom. The molecule has 0 spiro atoms. The van der Waals surface area contributed by atoms with Crippen molar-refractivity contribution in [3.8, 4) is 12.0 Å². The van der Waals surface area contributed by atoms with Crippen molar-refractivity contribution in [2.45, 2.75) is 111 Å². The fourth-order valence-corrected chi connectivity index (χ4v) is 7.76. The molecule has 0 radical (unpaired) electrons. The summed E-state index contributed by atoms with van der Waals surface area (Å²) in [5.41, 5.74) is 0. The Kier molecular flexibility index (Phi) is 16.2. The minimum Gasteiger partial charge on any atom is -0.383 e. The van der Waals surface area contributed by atoms with Gasteiger partial charge in [0.1, 0.15) is 0 Å². The Morgan fingerprint density at radius 1 is 0.646 bits per heavy atom. The number of hydrogen-bond donors (Lipinski definition) is 0. The van der Waals surface area contributed by atoms with Crippen molar-refractivity contribution >= 4 is 58.7 Å². The first-order valence-electron chi connectivity index (χ1n) is 16.6. The fourth-order valence-electron chi connectivity index (χ4n) is 5.14. The molecule has 12 heteroatoms. The lowest BCUT2D eigenvalue weighted by Gasteiger charge is -2.18. The van der Waals surface area contributed by atoms with Gasteiger partial charge in [-0.05, 0) is 74.2 Å². The van der Waals surface area contributed by atoms with Crippen LogP contribution in [-0.4, -0.2) is 41.5 Å². The number of benzene rings is 2. The Morgan fingerprint density at radius 2 is 1.04 bits per heavy atom. The molecule has 0 aliphatic heterocycles. The van der Waals surface area contributed by atoms with Crippen molar-refractivity contribution in [2.75, 3.05) is 0 Å². The van der Waals surface area contributed by atoms with E-state index >= 15 is 0 Å². The lowest BCUT2D eigenvalue weighted by molar-refractivity contribution is -0.157. The summed E-state index contributed by atoms with van der Waals surface area (Å²) in [6.45, 7) is 5.54. The van der Waals surface area contributed by atoms with Crippen molar-refractivity contribution in [2.24, 2.45) is 0 Å². The molecule has 0 saturated carbocycles. The molecule has 2 aromatic heterocycles. The fraction of sp³-hybridized carbons (Fsp3) is 0.444. The van der Waals surface area contributed by atoms with Gasteiger partial charge in [-0.15, -0.1) is 23.5 Å². The summed E-state index contributed by atoms with van der Waals surface area (Å²) in [5, 5.41) is 2.13. The van der Waals surface area contributed by atoms with E-state index in [1.807, 2.05) is 72.1 Å². The predicted octanol–water partition coefficient (Wildman–Crippen LogP) is 10.2. The maximum Gasteiger partial charge on any atom is 0.425 e. The maximum absolute atomic E-state index is 12.8. The number of rotatable bonds is 20. The van der Waals surface area contributed by atoms with Gasteiger partial charge < -0.3 is 18.6 Å². The van der Waals surface area contributed by atoms with Crippen LogP contribution in [-0.2, 0) is 22.7 Å². The highest BCUT2D eigenvalue weighted by Gasteiger charge is 2.24. The summed E-state index contributed by atoms with van der Waals surface area (Å²) in [6, 6.07) is 15.9. The molecule has 2 heterocycles. The first-order chi connectivity index (χ1) is 23.3. The topological polar surface area (TPSA) is 88.2 Å². The van der Waals surface area contributed by atoms with E-state index in [-0.39, 0.29) is 12.0 Å².